The third-order valence-corrected chi connectivity index (χ3v) is 3.16. The molecule has 2 N–H and O–H groups in total. The number of para-hydroxylation sites is 1. The Kier molecular flexibility index (Phi) is 3.90. The number of anilines is 1. The number of hydrogen-bond acceptors (Lipinski definition) is 4. The fourth-order valence-corrected chi connectivity index (χ4v) is 1.91. The number of rotatable bonds is 5. The Balaban J connectivity index is 2.11. The molecule has 1 saturated carbocycles. The van der Waals surface area contributed by atoms with Gasteiger partial charge in [-0.15, -0.1) is 0 Å². The highest BCUT2D eigenvalue weighted by Gasteiger charge is 2.27. The molecule has 1 aliphatic carbocycles. The average molecular weight is 284 g/mol. The van der Waals surface area contributed by atoms with Gasteiger partial charge in [-0.25, -0.2) is 0 Å². The number of amides is 1. The number of nitro groups is 1. The van der Waals surface area contributed by atoms with Crippen LogP contribution in [0.25, 0.3) is 0 Å². The molecule has 102 valence electrons. The maximum Gasteiger partial charge on any atom is 0.310 e. The Morgan fingerprint density at radius 2 is 2.21 bits per heavy atom. The van der Waals surface area contributed by atoms with E-state index in [4.69, 9.17) is 11.6 Å². The first-order valence-corrected chi connectivity index (χ1v) is 6.36. The molecule has 1 atom stereocenters. The molecule has 1 fully saturated rings. The van der Waals surface area contributed by atoms with Crippen LogP contribution in [-0.4, -0.2) is 22.9 Å². The lowest BCUT2D eigenvalue weighted by atomic mass is 10.2. The quantitative estimate of drug-likeness (QED) is 0.641. The van der Waals surface area contributed by atoms with Crippen LogP contribution in [0.3, 0.4) is 0 Å². The van der Waals surface area contributed by atoms with Crippen LogP contribution in [0.4, 0.5) is 11.4 Å². The van der Waals surface area contributed by atoms with E-state index in [1.165, 1.54) is 12.1 Å². The van der Waals surface area contributed by atoms with Gasteiger partial charge < -0.3 is 10.6 Å². The van der Waals surface area contributed by atoms with Crippen molar-refractivity contribution in [1.29, 1.82) is 0 Å². The first kappa shape index (κ1) is 13.6. The van der Waals surface area contributed by atoms with Crippen LogP contribution in [-0.2, 0) is 4.79 Å². The topological polar surface area (TPSA) is 84.3 Å². The Labute approximate surface area is 115 Å². The van der Waals surface area contributed by atoms with Crippen LogP contribution in [0.5, 0.6) is 0 Å². The van der Waals surface area contributed by atoms with Gasteiger partial charge in [-0.2, -0.15) is 0 Å². The van der Waals surface area contributed by atoms with Gasteiger partial charge in [-0.1, -0.05) is 17.7 Å². The van der Waals surface area contributed by atoms with Gasteiger partial charge in [0.15, 0.2) is 0 Å². The number of carbonyl (C=O) groups excluding carboxylic acids is 1. The van der Waals surface area contributed by atoms with Crippen molar-refractivity contribution in [1.82, 2.24) is 5.32 Å². The highest BCUT2D eigenvalue weighted by Crippen LogP contribution is 2.32. The SMILES string of the molecule is CC(Nc1cccc(Cl)c1[N+](=O)[O-])C(=O)NC1CC1. The van der Waals surface area contributed by atoms with Crippen LogP contribution in [0, 0.1) is 10.1 Å². The molecule has 19 heavy (non-hydrogen) atoms. The van der Waals surface area contributed by atoms with E-state index in [0.717, 1.165) is 12.8 Å². The maximum absolute atomic E-state index is 11.8. The molecule has 1 aromatic carbocycles. The second-order valence-electron chi connectivity index (χ2n) is 4.54. The number of halogens is 1. The zero-order valence-electron chi connectivity index (χ0n) is 10.4. The molecule has 0 saturated heterocycles. The third-order valence-electron chi connectivity index (χ3n) is 2.86. The van der Waals surface area contributed by atoms with Crippen molar-refractivity contribution in [2.45, 2.75) is 31.8 Å². The van der Waals surface area contributed by atoms with Crippen molar-refractivity contribution < 1.29 is 9.72 Å². The standard InChI is InChI=1S/C12H14ClN3O3/c1-7(12(17)15-8-5-6-8)14-10-4-2-3-9(13)11(10)16(18)19/h2-4,7-8,14H,5-6H2,1H3,(H,15,17). The summed E-state index contributed by atoms with van der Waals surface area (Å²) in [5, 5.41) is 16.7. The number of nitro benzene ring substituents is 1. The molecule has 7 heteroatoms. The molecule has 0 aromatic heterocycles. The van der Waals surface area contributed by atoms with Gasteiger partial charge >= 0.3 is 5.69 Å². The lowest BCUT2D eigenvalue weighted by Gasteiger charge is -2.15. The number of hydrogen-bond donors (Lipinski definition) is 2. The molecular formula is C12H14ClN3O3. The monoisotopic (exact) mass is 283 g/mol. The molecule has 1 aromatic rings. The average Bonchev–Trinajstić information content (AvgIpc) is 3.12. The van der Waals surface area contributed by atoms with Gasteiger partial charge in [-0.05, 0) is 31.9 Å². The van der Waals surface area contributed by atoms with Crippen molar-refractivity contribution in [2.24, 2.45) is 0 Å². The summed E-state index contributed by atoms with van der Waals surface area (Å²) >= 11 is 5.80. The predicted octanol–water partition coefficient (Wildman–Crippen LogP) is 2.33. The van der Waals surface area contributed by atoms with E-state index in [2.05, 4.69) is 10.6 Å². The summed E-state index contributed by atoms with van der Waals surface area (Å²) in [4.78, 5) is 22.2. The zero-order valence-corrected chi connectivity index (χ0v) is 11.1. The van der Waals surface area contributed by atoms with E-state index in [9.17, 15) is 14.9 Å². The van der Waals surface area contributed by atoms with Crippen molar-refractivity contribution in [3.63, 3.8) is 0 Å². The number of nitrogens with one attached hydrogen (secondary N) is 2. The Bertz CT molecular complexity index is 517. The summed E-state index contributed by atoms with van der Waals surface area (Å²) in [7, 11) is 0. The van der Waals surface area contributed by atoms with Gasteiger partial charge in [0.2, 0.25) is 5.91 Å². The third kappa shape index (κ3) is 3.35. The van der Waals surface area contributed by atoms with Gasteiger partial charge in [-0.3, -0.25) is 14.9 Å². The molecule has 0 radical (unpaired) electrons. The normalized spacial score (nSPS) is 15.7. The summed E-state index contributed by atoms with van der Waals surface area (Å²) in [6, 6.07) is 4.28. The molecule has 1 amide bonds. The fraction of sp³-hybridized carbons (Fsp3) is 0.417. The molecule has 1 unspecified atom stereocenters. The van der Waals surface area contributed by atoms with Crippen molar-refractivity contribution in [3.05, 3.63) is 33.3 Å². The Morgan fingerprint density at radius 1 is 1.53 bits per heavy atom. The Hall–Kier alpha value is -1.82. The van der Waals surface area contributed by atoms with Crippen LogP contribution in [0.1, 0.15) is 19.8 Å². The minimum Gasteiger partial charge on any atom is -0.368 e. The molecule has 2 rings (SSSR count). The molecular weight excluding hydrogens is 270 g/mol. The van der Waals surface area contributed by atoms with E-state index < -0.39 is 11.0 Å². The highest BCUT2D eigenvalue weighted by atomic mass is 35.5. The summed E-state index contributed by atoms with van der Waals surface area (Å²) < 4.78 is 0. The second-order valence-corrected chi connectivity index (χ2v) is 4.95. The van der Waals surface area contributed by atoms with E-state index in [0.29, 0.717) is 0 Å². The summed E-state index contributed by atoms with van der Waals surface area (Å²) in [5.74, 6) is -0.170. The minimum atomic E-state index is -0.559. The smallest absolute Gasteiger partial charge is 0.310 e. The molecule has 1 aliphatic rings. The van der Waals surface area contributed by atoms with Crippen molar-refractivity contribution in [2.75, 3.05) is 5.32 Å². The minimum absolute atomic E-state index is 0.0461. The number of nitrogens with zero attached hydrogens (tertiary/aromatic N) is 1. The summed E-state index contributed by atoms with van der Waals surface area (Å²) in [6.45, 7) is 1.66. The molecule has 0 bridgehead atoms. The number of benzene rings is 1. The van der Waals surface area contributed by atoms with E-state index in [-0.39, 0.29) is 28.3 Å². The first-order chi connectivity index (χ1) is 8.99. The summed E-state index contributed by atoms with van der Waals surface area (Å²) in [6.07, 6.45) is 1.99. The van der Waals surface area contributed by atoms with Crippen LogP contribution in [0.15, 0.2) is 18.2 Å². The fourth-order valence-electron chi connectivity index (χ4n) is 1.67. The van der Waals surface area contributed by atoms with Crippen LogP contribution in [0.2, 0.25) is 5.02 Å². The molecule has 0 heterocycles. The molecule has 0 aliphatic heterocycles. The van der Waals surface area contributed by atoms with Gasteiger partial charge in [0.1, 0.15) is 16.8 Å². The largest absolute Gasteiger partial charge is 0.368 e. The maximum atomic E-state index is 11.8. The highest BCUT2D eigenvalue weighted by molar-refractivity contribution is 6.33. The summed E-state index contributed by atoms with van der Waals surface area (Å²) in [5.41, 5.74) is 0.0335. The van der Waals surface area contributed by atoms with Crippen molar-refractivity contribution in [3.8, 4) is 0 Å². The van der Waals surface area contributed by atoms with E-state index >= 15 is 0 Å². The lowest BCUT2D eigenvalue weighted by molar-refractivity contribution is -0.383. The van der Waals surface area contributed by atoms with E-state index in [1.807, 2.05) is 0 Å². The molecule has 6 nitrogen and oxygen atoms in total. The molecule has 0 spiro atoms. The van der Waals surface area contributed by atoms with Gasteiger partial charge in [0, 0.05) is 6.04 Å². The van der Waals surface area contributed by atoms with Crippen LogP contribution < -0.4 is 10.6 Å². The second kappa shape index (κ2) is 5.44. The van der Waals surface area contributed by atoms with E-state index in [1.54, 1.807) is 13.0 Å². The Morgan fingerprint density at radius 3 is 2.79 bits per heavy atom. The van der Waals surface area contributed by atoms with Crippen molar-refractivity contribution >= 4 is 28.9 Å². The number of carbonyl (C=O) groups is 1. The van der Waals surface area contributed by atoms with Gasteiger partial charge in [0.25, 0.3) is 0 Å². The first-order valence-electron chi connectivity index (χ1n) is 5.99. The van der Waals surface area contributed by atoms with Crippen LogP contribution >= 0.6 is 11.6 Å². The van der Waals surface area contributed by atoms with Gasteiger partial charge in [0.05, 0.1) is 4.92 Å². The predicted molar refractivity (Wildman–Crippen MR) is 72.4 cm³/mol. The zero-order chi connectivity index (χ0) is 14.0. The lowest BCUT2D eigenvalue weighted by Crippen LogP contribution is -2.38.